The molecular formula is C19H24N4O2. The highest BCUT2D eigenvalue weighted by Gasteiger charge is 2.33. The maximum Gasteiger partial charge on any atom is 0.274 e. The first-order valence-corrected chi connectivity index (χ1v) is 9.05. The van der Waals surface area contributed by atoms with E-state index in [4.69, 9.17) is 0 Å². The highest BCUT2D eigenvalue weighted by molar-refractivity contribution is 5.92. The number of aliphatic hydroxyl groups excluding tert-OH is 1. The van der Waals surface area contributed by atoms with E-state index in [-0.39, 0.29) is 18.1 Å². The molecule has 132 valence electrons. The topological polar surface area (TPSA) is 61.6 Å². The molecule has 4 rings (SSSR count). The fourth-order valence-electron chi connectivity index (χ4n) is 3.93. The van der Waals surface area contributed by atoms with E-state index in [2.05, 4.69) is 10.00 Å². The molecule has 2 heterocycles. The van der Waals surface area contributed by atoms with Crippen molar-refractivity contribution >= 4 is 5.91 Å². The highest BCUT2D eigenvalue weighted by Crippen LogP contribution is 2.25. The number of carbonyl (C=O) groups excluding carboxylic acids is 1. The number of piperazine rings is 1. The van der Waals surface area contributed by atoms with Gasteiger partial charge in [0.1, 0.15) is 0 Å². The molecule has 1 aromatic heterocycles. The lowest BCUT2D eigenvalue weighted by Crippen LogP contribution is -2.53. The standard InChI is InChI=1S/C19H24N4O2/c24-18-8-4-7-17(18)21-11-13-22(14-12-21)19(25)16-9-10-23(20-16)15-5-2-1-3-6-15/h1-3,5-6,9-10,17-18,24H,4,7-8,11-14H2/t17-,18-/m0/s1. The SMILES string of the molecule is O=C(c1ccn(-c2ccccc2)n1)N1CCN([C@H]2CCC[C@@H]2O)CC1. The van der Waals surface area contributed by atoms with Crippen molar-refractivity contribution in [3.05, 3.63) is 48.3 Å². The minimum absolute atomic E-state index is 0.0127. The molecule has 1 N–H and O–H groups in total. The largest absolute Gasteiger partial charge is 0.391 e. The molecule has 0 unspecified atom stereocenters. The Hall–Kier alpha value is -2.18. The number of aliphatic hydroxyl groups is 1. The average molecular weight is 340 g/mol. The summed E-state index contributed by atoms with van der Waals surface area (Å²) in [4.78, 5) is 16.9. The zero-order valence-electron chi connectivity index (χ0n) is 14.3. The van der Waals surface area contributed by atoms with Crippen molar-refractivity contribution in [2.75, 3.05) is 26.2 Å². The van der Waals surface area contributed by atoms with Crippen LogP contribution in [0.25, 0.3) is 5.69 Å². The van der Waals surface area contributed by atoms with Crippen molar-refractivity contribution in [1.82, 2.24) is 19.6 Å². The van der Waals surface area contributed by atoms with Crippen LogP contribution in [0.4, 0.5) is 0 Å². The first-order chi connectivity index (χ1) is 12.2. The highest BCUT2D eigenvalue weighted by atomic mass is 16.3. The summed E-state index contributed by atoms with van der Waals surface area (Å²) in [6.07, 6.45) is 4.69. The number of aromatic nitrogens is 2. The summed E-state index contributed by atoms with van der Waals surface area (Å²) in [5, 5.41) is 14.5. The van der Waals surface area contributed by atoms with Crippen LogP contribution in [-0.2, 0) is 0 Å². The Morgan fingerprint density at radius 1 is 1.04 bits per heavy atom. The molecule has 1 saturated heterocycles. The van der Waals surface area contributed by atoms with Gasteiger partial charge in [-0.15, -0.1) is 0 Å². The van der Waals surface area contributed by atoms with Gasteiger partial charge in [-0.1, -0.05) is 18.2 Å². The van der Waals surface area contributed by atoms with Gasteiger partial charge in [-0.05, 0) is 37.5 Å². The summed E-state index contributed by atoms with van der Waals surface area (Å²) in [6.45, 7) is 3.04. The van der Waals surface area contributed by atoms with Gasteiger partial charge >= 0.3 is 0 Å². The van der Waals surface area contributed by atoms with Gasteiger partial charge in [0.05, 0.1) is 11.8 Å². The van der Waals surface area contributed by atoms with Crippen LogP contribution < -0.4 is 0 Å². The second kappa shape index (κ2) is 6.98. The van der Waals surface area contributed by atoms with E-state index in [1.165, 1.54) is 0 Å². The molecule has 6 nitrogen and oxygen atoms in total. The summed E-state index contributed by atoms with van der Waals surface area (Å²) < 4.78 is 1.73. The van der Waals surface area contributed by atoms with E-state index in [9.17, 15) is 9.90 Å². The van der Waals surface area contributed by atoms with Gasteiger partial charge in [0.25, 0.3) is 5.91 Å². The first kappa shape index (κ1) is 16.3. The predicted molar refractivity (Wildman–Crippen MR) is 94.7 cm³/mol. The second-order valence-corrected chi connectivity index (χ2v) is 6.87. The molecular weight excluding hydrogens is 316 g/mol. The first-order valence-electron chi connectivity index (χ1n) is 9.05. The van der Waals surface area contributed by atoms with Crippen LogP contribution in [0.1, 0.15) is 29.8 Å². The van der Waals surface area contributed by atoms with E-state index in [0.717, 1.165) is 38.0 Å². The van der Waals surface area contributed by atoms with Crippen LogP contribution in [0, 0.1) is 0 Å². The van der Waals surface area contributed by atoms with Gasteiger partial charge in [0.15, 0.2) is 5.69 Å². The van der Waals surface area contributed by atoms with Gasteiger partial charge in [0, 0.05) is 38.4 Å². The second-order valence-electron chi connectivity index (χ2n) is 6.87. The van der Waals surface area contributed by atoms with Crippen LogP contribution in [0.15, 0.2) is 42.6 Å². The summed E-state index contributed by atoms with van der Waals surface area (Å²) >= 11 is 0. The summed E-state index contributed by atoms with van der Waals surface area (Å²) in [6, 6.07) is 11.8. The summed E-state index contributed by atoms with van der Waals surface area (Å²) in [7, 11) is 0. The molecule has 0 radical (unpaired) electrons. The molecule has 2 fully saturated rings. The lowest BCUT2D eigenvalue weighted by Gasteiger charge is -2.38. The maximum absolute atomic E-state index is 12.7. The molecule has 1 aliphatic heterocycles. The molecule has 1 saturated carbocycles. The van der Waals surface area contributed by atoms with E-state index >= 15 is 0 Å². The number of rotatable bonds is 3. The number of hydrogen-bond donors (Lipinski definition) is 1. The fraction of sp³-hybridized carbons (Fsp3) is 0.474. The molecule has 0 spiro atoms. The lowest BCUT2D eigenvalue weighted by atomic mass is 10.1. The third kappa shape index (κ3) is 3.32. The van der Waals surface area contributed by atoms with Crippen LogP contribution in [0.5, 0.6) is 0 Å². The molecule has 6 heteroatoms. The molecule has 1 aliphatic carbocycles. The van der Waals surface area contributed by atoms with Gasteiger partial charge in [0.2, 0.25) is 0 Å². The third-order valence-corrected chi connectivity index (χ3v) is 5.34. The normalized spacial score (nSPS) is 24.6. The number of nitrogens with zero attached hydrogens (tertiary/aromatic N) is 4. The zero-order chi connectivity index (χ0) is 17.2. The van der Waals surface area contributed by atoms with E-state index in [0.29, 0.717) is 18.8 Å². The van der Waals surface area contributed by atoms with Crippen molar-refractivity contribution in [1.29, 1.82) is 0 Å². The summed E-state index contributed by atoms with van der Waals surface area (Å²) in [5.74, 6) is -0.0127. The Morgan fingerprint density at radius 2 is 1.80 bits per heavy atom. The molecule has 0 bridgehead atoms. The van der Waals surface area contributed by atoms with Crippen LogP contribution in [-0.4, -0.2) is 68.9 Å². The van der Waals surface area contributed by atoms with Crippen LogP contribution >= 0.6 is 0 Å². The molecule has 1 aromatic carbocycles. The van der Waals surface area contributed by atoms with Crippen molar-refractivity contribution in [3.8, 4) is 5.69 Å². The van der Waals surface area contributed by atoms with Crippen LogP contribution in [0.3, 0.4) is 0 Å². The molecule has 25 heavy (non-hydrogen) atoms. The van der Waals surface area contributed by atoms with Crippen LogP contribution in [0.2, 0.25) is 0 Å². The number of benzene rings is 1. The average Bonchev–Trinajstić information content (AvgIpc) is 3.31. The zero-order valence-corrected chi connectivity index (χ0v) is 14.3. The van der Waals surface area contributed by atoms with Crippen molar-refractivity contribution in [3.63, 3.8) is 0 Å². The number of carbonyl (C=O) groups is 1. The Balaban J connectivity index is 1.39. The Labute approximate surface area is 147 Å². The Morgan fingerprint density at radius 3 is 2.48 bits per heavy atom. The molecule has 2 aliphatic rings. The predicted octanol–water partition coefficient (Wildman–Crippen LogP) is 1.54. The van der Waals surface area contributed by atoms with Crippen molar-refractivity contribution in [2.45, 2.75) is 31.4 Å². The van der Waals surface area contributed by atoms with E-state index < -0.39 is 0 Å². The number of amides is 1. The van der Waals surface area contributed by atoms with Gasteiger partial charge in [-0.3, -0.25) is 9.69 Å². The van der Waals surface area contributed by atoms with Gasteiger partial charge < -0.3 is 10.0 Å². The number of hydrogen-bond acceptors (Lipinski definition) is 4. The smallest absolute Gasteiger partial charge is 0.274 e. The monoisotopic (exact) mass is 340 g/mol. The lowest BCUT2D eigenvalue weighted by molar-refractivity contribution is 0.0313. The van der Waals surface area contributed by atoms with Crippen molar-refractivity contribution in [2.24, 2.45) is 0 Å². The molecule has 1 amide bonds. The Kier molecular flexibility index (Phi) is 4.55. The van der Waals surface area contributed by atoms with Gasteiger partial charge in [-0.25, -0.2) is 4.68 Å². The molecule has 2 aromatic rings. The molecule has 2 atom stereocenters. The minimum atomic E-state index is -0.205. The maximum atomic E-state index is 12.7. The van der Waals surface area contributed by atoms with E-state index in [1.807, 2.05) is 41.4 Å². The Bertz CT molecular complexity index is 722. The quantitative estimate of drug-likeness (QED) is 0.921. The van der Waals surface area contributed by atoms with Gasteiger partial charge in [-0.2, -0.15) is 5.10 Å². The third-order valence-electron chi connectivity index (χ3n) is 5.34. The minimum Gasteiger partial charge on any atom is -0.391 e. The number of para-hydroxylation sites is 1. The van der Waals surface area contributed by atoms with Crippen molar-refractivity contribution < 1.29 is 9.90 Å². The fourth-order valence-corrected chi connectivity index (χ4v) is 3.93. The van der Waals surface area contributed by atoms with E-state index in [1.54, 1.807) is 10.7 Å². The summed E-state index contributed by atoms with van der Waals surface area (Å²) in [5.41, 5.74) is 1.43.